The number of likely N-dealkylation sites (tertiary alicyclic amines) is 1. The van der Waals surface area contributed by atoms with Crippen molar-refractivity contribution in [3.63, 3.8) is 0 Å². The van der Waals surface area contributed by atoms with Gasteiger partial charge in [0.15, 0.2) is 0 Å². The molecule has 1 aromatic carbocycles. The average molecular weight is 378 g/mol. The molecule has 4 rings (SSSR count). The second-order valence-electron chi connectivity index (χ2n) is 6.83. The lowest BCUT2D eigenvalue weighted by Crippen LogP contribution is -2.38. The van der Waals surface area contributed by atoms with Crippen molar-refractivity contribution in [3.05, 3.63) is 72.0 Å². The second-order valence-corrected chi connectivity index (χ2v) is 6.83. The Balaban J connectivity index is 1.53. The van der Waals surface area contributed by atoms with E-state index in [2.05, 4.69) is 15.0 Å². The van der Waals surface area contributed by atoms with Crippen molar-refractivity contribution >= 4 is 5.91 Å². The van der Waals surface area contributed by atoms with Gasteiger partial charge >= 0.3 is 0 Å². The first kappa shape index (κ1) is 18.2. The number of oxazole rings is 1. The highest BCUT2D eigenvalue weighted by Crippen LogP contribution is 2.32. The Morgan fingerprint density at radius 3 is 2.93 bits per heavy atom. The SMILES string of the molecule is COc1cccc(Cc2cnc([C@@H]3CCCCN3C(=O)c3cncnc3)o2)c1. The van der Waals surface area contributed by atoms with E-state index in [0.717, 1.165) is 36.3 Å². The number of carbonyl (C=O) groups is 1. The fourth-order valence-corrected chi connectivity index (χ4v) is 3.55. The standard InChI is InChI=1S/C21H22N4O3/c1-27-17-6-4-5-15(9-17)10-18-13-24-20(28-18)19-7-2-3-8-25(19)21(26)16-11-22-14-23-12-16/h4-6,9,11-14,19H,2-3,7-8,10H2,1H3/t19-/m0/s1. The lowest BCUT2D eigenvalue weighted by Gasteiger charge is -2.33. The summed E-state index contributed by atoms with van der Waals surface area (Å²) in [6, 6.07) is 7.70. The third-order valence-corrected chi connectivity index (χ3v) is 4.94. The van der Waals surface area contributed by atoms with Gasteiger partial charge < -0.3 is 14.1 Å². The molecule has 0 radical (unpaired) electrons. The molecule has 1 amide bonds. The Hall–Kier alpha value is -3.22. The number of amides is 1. The first-order valence-electron chi connectivity index (χ1n) is 9.38. The molecule has 3 heterocycles. The number of benzene rings is 1. The largest absolute Gasteiger partial charge is 0.497 e. The number of hydrogen-bond donors (Lipinski definition) is 0. The van der Waals surface area contributed by atoms with Crippen molar-refractivity contribution < 1.29 is 13.9 Å². The van der Waals surface area contributed by atoms with E-state index < -0.39 is 0 Å². The molecule has 1 saturated heterocycles. The van der Waals surface area contributed by atoms with Crippen LogP contribution in [-0.2, 0) is 6.42 Å². The van der Waals surface area contributed by atoms with Crippen LogP contribution in [0.25, 0.3) is 0 Å². The first-order valence-corrected chi connectivity index (χ1v) is 9.38. The Labute approximate surface area is 163 Å². The molecule has 7 heteroatoms. The molecule has 0 aliphatic carbocycles. The van der Waals surface area contributed by atoms with Crippen LogP contribution < -0.4 is 4.74 Å². The third kappa shape index (κ3) is 3.88. The highest BCUT2D eigenvalue weighted by atomic mass is 16.5. The molecule has 28 heavy (non-hydrogen) atoms. The van der Waals surface area contributed by atoms with Gasteiger partial charge in [-0.3, -0.25) is 4.79 Å². The predicted octanol–water partition coefficient (Wildman–Crippen LogP) is 3.43. The topological polar surface area (TPSA) is 81.4 Å². The van der Waals surface area contributed by atoms with Gasteiger partial charge in [0.05, 0.1) is 18.9 Å². The smallest absolute Gasteiger partial charge is 0.257 e. The summed E-state index contributed by atoms with van der Waals surface area (Å²) in [5.74, 6) is 2.08. The maximum absolute atomic E-state index is 12.9. The summed E-state index contributed by atoms with van der Waals surface area (Å²) in [5.41, 5.74) is 1.57. The molecule has 7 nitrogen and oxygen atoms in total. The lowest BCUT2D eigenvalue weighted by molar-refractivity contribution is 0.0569. The normalized spacial score (nSPS) is 16.8. The van der Waals surface area contributed by atoms with Crippen molar-refractivity contribution in [1.82, 2.24) is 19.9 Å². The van der Waals surface area contributed by atoms with Crippen LogP contribution in [0.3, 0.4) is 0 Å². The molecule has 0 spiro atoms. The zero-order chi connectivity index (χ0) is 19.3. The minimum absolute atomic E-state index is 0.0853. The van der Waals surface area contributed by atoms with Crippen LogP contribution in [0.4, 0.5) is 0 Å². The van der Waals surface area contributed by atoms with E-state index in [9.17, 15) is 4.79 Å². The number of methoxy groups -OCH3 is 1. The van der Waals surface area contributed by atoms with Crippen molar-refractivity contribution in [3.8, 4) is 5.75 Å². The van der Waals surface area contributed by atoms with Gasteiger partial charge in [0, 0.05) is 25.4 Å². The van der Waals surface area contributed by atoms with Gasteiger partial charge in [0.25, 0.3) is 5.91 Å². The zero-order valence-corrected chi connectivity index (χ0v) is 15.7. The number of piperidine rings is 1. The van der Waals surface area contributed by atoms with E-state index in [1.54, 1.807) is 25.7 Å². The number of carbonyl (C=O) groups excluding carboxylic acids is 1. The monoisotopic (exact) mass is 378 g/mol. The summed E-state index contributed by atoms with van der Waals surface area (Å²) in [7, 11) is 1.65. The number of nitrogens with zero attached hydrogens (tertiary/aromatic N) is 4. The molecule has 2 aromatic heterocycles. The van der Waals surface area contributed by atoms with Crippen LogP contribution in [-0.4, -0.2) is 39.4 Å². The van der Waals surface area contributed by atoms with Crippen LogP contribution in [0.5, 0.6) is 5.75 Å². The molecule has 3 aromatic rings. The molecule has 1 atom stereocenters. The van der Waals surface area contributed by atoms with Gasteiger partial charge in [0.2, 0.25) is 5.89 Å². The van der Waals surface area contributed by atoms with Gasteiger partial charge in [-0.25, -0.2) is 15.0 Å². The number of aromatic nitrogens is 3. The van der Waals surface area contributed by atoms with Crippen LogP contribution in [0.15, 0.2) is 53.6 Å². The molecule has 0 bridgehead atoms. The Morgan fingerprint density at radius 1 is 1.25 bits per heavy atom. The van der Waals surface area contributed by atoms with Gasteiger partial charge in [-0.05, 0) is 37.0 Å². The summed E-state index contributed by atoms with van der Waals surface area (Å²) in [5, 5.41) is 0. The maximum Gasteiger partial charge on any atom is 0.257 e. The molecular weight excluding hydrogens is 356 g/mol. The maximum atomic E-state index is 12.9. The molecular formula is C21H22N4O3. The van der Waals surface area contributed by atoms with E-state index in [0.29, 0.717) is 24.4 Å². The fourth-order valence-electron chi connectivity index (χ4n) is 3.55. The quantitative estimate of drug-likeness (QED) is 0.677. The fraction of sp³-hybridized carbons (Fsp3) is 0.333. The average Bonchev–Trinajstić information content (AvgIpc) is 3.22. The zero-order valence-electron chi connectivity index (χ0n) is 15.7. The van der Waals surface area contributed by atoms with E-state index in [1.165, 1.54) is 6.33 Å². The van der Waals surface area contributed by atoms with Gasteiger partial charge in [-0.15, -0.1) is 0 Å². The molecule has 1 aliphatic rings. The minimum Gasteiger partial charge on any atom is -0.497 e. The van der Waals surface area contributed by atoms with E-state index >= 15 is 0 Å². The number of rotatable bonds is 5. The van der Waals surface area contributed by atoms with Crippen LogP contribution in [0.2, 0.25) is 0 Å². The van der Waals surface area contributed by atoms with Crippen molar-refractivity contribution in [2.75, 3.05) is 13.7 Å². The van der Waals surface area contributed by atoms with Gasteiger partial charge in [-0.2, -0.15) is 0 Å². The van der Waals surface area contributed by atoms with E-state index in [-0.39, 0.29) is 11.9 Å². The molecule has 1 fully saturated rings. The van der Waals surface area contributed by atoms with E-state index in [1.807, 2.05) is 29.2 Å². The molecule has 0 unspecified atom stereocenters. The van der Waals surface area contributed by atoms with Gasteiger partial charge in [0.1, 0.15) is 23.9 Å². The first-order chi connectivity index (χ1) is 13.7. The summed E-state index contributed by atoms with van der Waals surface area (Å²) < 4.78 is 11.3. The Kier molecular flexibility index (Phi) is 5.32. The predicted molar refractivity (Wildman–Crippen MR) is 102 cm³/mol. The van der Waals surface area contributed by atoms with Crippen molar-refractivity contribution in [2.45, 2.75) is 31.7 Å². The summed E-state index contributed by atoms with van der Waals surface area (Å²) in [6.45, 7) is 0.673. The summed E-state index contributed by atoms with van der Waals surface area (Å²) in [6.07, 6.45) is 9.72. The van der Waals surface area contributed by atoms with Crippen molar-refractivity contribution in [2.24, 2.45) is 0 Å². The van der Waals surface area contributed by atoms with Gasteiger partial charge in [-0.1, -0.05) is 12.1 Å². The number of ether oxygens (including phenoxy) is 1. The molecule has 0 N–H and O–H groups in total. The molecule has 1 aliphatic heterocycles. The molecule has 0 saturated carbocycles. The molecule has 144 valence electrons. The second kappa shape index (κ2) is 8.21. The number of hydrogen-bond acceptors (Lipinski definition) is 6. The Morgan fingerprint density at radius 2 is 2.11 bits per heavy atom. The third-order valence-electron chi connectivity index (χ3n) is 4.94. The minimum atomic E-state index is -0.166. The summed E-state index contributed by atoms with van der Waals surface area (Å²) in [4.78, 5) is 27.1. The van der Waals surface area contributed by atoms with Crippen LogP contribution in [0.1, 0.15) is 52.9 Å². The lowest BCUT2D eigenvalue weighted by atomic mass is 10.0. The van der Waals surface area contributed by atoms with Crippen LogP contribution in [0, 0.1) is 0 Å². The van der Waals surface area contributed by atoms with Crippen molar-refractivity contribution in [1.29, 1.82) is 0 Å². The van der Waals surface area contributed by atoms with E-state index in [4.69, 9.17) is 9.15 Å². The summed E-state index contributed by atoms with van der Waals surface area (Å²) >= 11 is 0. The van der Waals surface area contributed by atoms with Crippen LogP contribution >= 0.6 is 0 Å². The Bertz CT molecular complexity index is 942. The highest BCUT2D eigenvalue weighted by molar-refractivity contribution is 5.93. The highest BCUT2D eigenvalue weighted by Gasteiger charge is 2.32.